The number of hydrogen-bond acceptors (Lipinski definition) is 8. The fourth-order valence-electron chi connectivity index (χ4n) is 4.58. The van der Waals surface area contributed by atoms with Crippen molar-refractivity contribution in [3.05, 3.63) is 95.1 Å². The quantitative estimate of drug-likeness (QED) is 0.275. The molecule has 0 unspecified atom stereocenters. The van der Waals surface area contributed by atoms with Crippen LogP contribution in [0.5, 0.6) is 11.5 Å². The van der Waals surface area contributed by atoms with E-state index in [2.05, 4.69) is 0 Å². The van der Waals surface area contributed by atoms with Gasteiger partial charge >= 0.3 is 11.9 Å². The molecule has 2 saturated heterocycles. The Kier molecular flexibility index (Phi) is 9.66. The Labute approximate surface area is 234 Å². The van der Waals surface area contributed by atoms with Crippen molar-refractivity contribution in [2.45, 2.75) is 51.1 Å². The third-order valence-electron chi connectivity index (χ3n) is 6.83. The van der Waals surface area contributed by atoms with Crippen molar-refractivity contribution in [1.29, 1.82) is 0 Å². The highest BCUT2D eigenvalue weighted by Gasteiger charge is 2.17. The van der Waals surface area contributed by atoms with Gasteiger partial charge in [0.1, 0.15) is 37.9 Å². The second-order valence-electron chi connectivity index (χ2n) is 9.91. The third kappa shape index (κ3) is 8.07. The molecule has 0 bridgehead atoms. The van der Waals surface area contributed by atoms with E-state index in [9.17, 15) is 9.59 Å². The largest absolute Gasteiger partial charge is 0.491 e. The molecule has 8 nitrogen and oxygen atoms in total. The summed E-state index contributed by atoms with van der Waals surface area (Å²) in [7, 11) is 0. The molecule has 3 aromatic rings. The van der Waals surface area contributed by atoms with Crippen molar-refractivity contribution in [3.8, 4) is 11.5 Å². The van der Waals surface area contributed by atoms with Crippen LogP contribution in [0.4, 0.5) is 0 Å². The molecule has 0 radical (unpaired) electrons. The summed E-state index contributed by atoms with van der Waals surface area (Å²) in [4.78, 5) is 25.0. The molecule has 2 aliphatic rings. The van der Waals surface area contributed by atoms with Crippen LogP contribution in [-0.2, 0) is 32.2 Å². The van der Waals surface area contributed by atoms with Gasteiger partial charge in [0.2, 0.25) is 0 Å². The van der Waals surface area contributed by atoms with Gasteiger partial charge in [0.05, 0.1) is 23.3 Å². The zero-order valence-electron chi connectivity index (χ0n) is 22.4. The van der Waals surface area contributed by atoms with Crippen LogP contribution in [0.2, 0.25) is 0 Å². The van der Waals surface area contributed by atoms with Gasteiger partial charge in [-0.05, 0) is 91.4 Å². The smallest absolute Gasteiger partial charge is 0.338 e. The Bertz CT molecular complexity index is 1150. The highest BCUT2D eigenvalue weighted by Crippen LogP contribution is 2.19. The molecule has 2 atom stereocenters. The zero-order chi connectivity index (χ0) is 27.6. The Morgan fingerprint density at radius 2 is 1.10 bits per heavy atom. The van der Waals surface area contributed by atoms with E-state index in [4.69, 9.17) is 28.4 Å². The number of esters is 2. The van der Waals surface area contributed by atoms with E-state index in [1.165, 1.54) is 0 Å². The van der Waals surface area contributed by atoms with E-state index in [-0.39, 0.29) is 25.4 Å². The minimum Gasteiger partial charge on any atom is -0.491 e. The van der Waals surface area contributed by atoms with Crippen molar-refractivity contribution < 1.29 is 38.0 Å². The first-order valence-electron chi connectivity index (χ1n) is 13.7. The number of ether oxygens (including phenoxy) is 6. The van der Waals surface area contributed by atoms with Gasteiger partial charge in [-0.3, -0.25) is 0 Å². The lowest BCUT2D eigenvalue weighted by Crippen LogP contribution is -2.16. The monoisotopic (exact) mass is 546 g/mol. The minimum absolute atomic E-state index is 0.102. The SMILES string of the molecule is O=C(OCc1cccc(COC(=O)c2ccc(OC[C@H]3CCCO3)cc2)c1)c1ccc(OC[C@H]2CCCO2)cc1. The maximum absolute atomic E-state index is 12.5. The molecule has 210 valence electrons. The predicted molar refractivity (Wildman–Crippen MR) is 147 cm³/mol. The molecule has 8 heteroatoms. The summed E-state index contributed by atoms with van der Waals surface area (Å²) in [5.74, 6) is 0.525. The van der Waals surface area contributed by atoms with Crippen molar-refractivity contribution in [1.82, 2.24) is 0 Å². The molecule has 0 saturated carbocycles. The average molecular weight is 547 g/mol. The predicted octanol–water partition coefficient (Wildman–Crippen LogP) is 5.52. The van der Waals surface area contributed by atoms with Gasteiger partial charge in [-0.15, -0.1) is 0 Å². The number of benzene rings is 3. The van der Waals surface area contributed by atoms with Crippen LogP contribution in [0.15, 0.2) is 72.8 Å². The summed E-state index contributed by atoms with van der Waals surface area (Å²) >= 11 is 0. The summed E-state index contributed by atoms with van der Waals surface area (Å²) in [5, 5.41) is 0. The van der Waals surface area contributed by atoms with Crippen LogP contribution in [0.25, 0.3) is 0 Å². The third-order valence-corrected chi connectivity index (χ3v) is 6.83. The molecule has 3 aromatic carbocycles. The summed E-state index contributed by atoms with van der Waals surface area (Å²) in [5.41, 5.74) is 2.48. The van der Waals surface area contributed by atoms with E-state index in [0.717, 1.165) is 50.0 Å². The van der Waals surface area contributed by atoms with Gasteiger partial charge in [0, 0.05) is 13.2 Å². The van der Waals surface area contributed by atoms with Gasteiger partial charge in [0.25, 0.3) is 0 Å². The second kappa shape index (κ2) is 14.0. The summed E-state index contributed by atoms with van der Waals surface area (Å²) in [6, 6.07) is 21.2. The lowest BCUT2D eigenvalue weighted by molar-refractivity contribution is 0.0471. The van der Waals surface area contributed by atoms with Crippen LogP contribution in [0, 0.1) is 0 Å². The fraction of sp³-hybridized carbons (Fsp3) is 0.375. The van der Waals surface area contributed by atoms with Gasteiger partial charge in [0.15, 0.2) is 0 Å². The van der Waals surface area contributed by atoms with Crippen LogP contribution in [0.1, 0.15) is 57.5 Å². The van der Waals surface area contributed by atoms with Crippen molar-refractivity contribution >= 4 is 11.9 Å². The molecule has 40 heavy (non-hydrogen) atoms. The van der Waals surface area contributed by atoms with Gasteiger partial charge in [-0.2, -0.15) is 0 Å². The Morgan fingerprint density at radius 1 is 0.650 bits per heavy atom. The highest BCUT2D eigenvalue weighted by molar-refractivity contribution is 5.90. The maximum Gasteiger partial charge on any atom is 0.338 e. The van der Waals surface area contributed by atoms with Gasteiger partial charge in [-0.25, -0.2) is 9.59 Å². The first kappa shape index (κ1) is 27.7. The van der Waals surface area contributed by atoms with Crippen molar-refractivity contribution in [3.63, 3.8) is 0 Å². The molecule has 0 spiro atoms. The number of carbonyl (C=O) groups excluding carboxylic acids is 2. The molecule has 2 aliphatic heterocycles. The Hall–Kier alpha value is -3.88. The minimum atomic E-state index is -0.425. The number of carbonyl (C=O) groups is 2. The van der Waals surface area contributed by atoms with Crippen LogP contribution >= 0.6 is 0 Å². The average Bonchev–Trinajstić information content (AvgIpc) is 3.72. The first-order chi connectivity index (χ1) is 19.6. The Morgan fingerprint density at radius 3 is 1.50 bits per heavy atom. The topological polar surface area (TPSA) is 89.5 Å². The second-order valence-corrected chi connectivity index (χ2v) is 9.91. The molecule has 0 aliphatic carbocycles. The van der Waals surface area contributed by atoms with E-state index >= 15 is 0 Å². The number of hydrogen-bond donors (Lipinski definition) is 0. The lowest BCUT2D eigenvalue weighted by atomic mass is 10.1. The van der Waals surface area contributed by atoms with Crippen molar-refractivity contribution in [2.24, 2.45) is 0 Å². The maximum atomic E-state index is 12.5. The number of rotatable bonds is 12. The normalized spacial score (nSPS) is 18.3. The highest BCUT2D eigenvalue weighted by atomic mass is 16.5. The van der Waals surface area contributed by atoms with E-state index in [0.29, 0.717) is 35.8 Å². The first-order valence-corrected chi connectivity index (χ1v) is 13.7. The van der Waals surface area contributed by atoms with Gasteiger partial charge < -0.3 is 28.4 Å². The van der Waals surface area contributed by atoms with E-state index in [1.807, 2.05) is 24.3 Å². The van der Waals surface area contributed by atoms with Crippen molar-refractivity contribution in [2.75, 3.05) is 26.4 Å². The molecule has 0 N–H and O–H groups in total. The van der Waals surface area contributed by atoms with Crippen LogP contribution < -0.4 is 9.47 Å². The fourth-order valence-corrected chi connectivity index (χ4v) is 4.58. The van der Waals surface area contributed by atoms with E-state index in [1.54, 1.807) is 48.5 Å². The molecule has 5 rings (SSSR count). The summed E-state index contributed by atoms with van der Waals surface area (Å²) in [6.07, 6.45) is 4.42. The summed E-state index contributed by atoms with van der Waals surface area (Å²) < 4.78 is 33.6. The summed E-state index contributed by atoms with van der Waals surface area (Å²) in [6.45, 7) is 2.79. The molecular formula is C32H34O8. The van der Waals surface area contributed by atoms with Gasteiger partial charge in [-0.1, -0.05) is 18.2 Å². The van der Waals surface area contributed by atoms with Crippen LogP contribution in [-0.4, -0.2) is 50.6 Å². The van der Waals surface area contributed by atoms with E-state index < -0.39 is 11.9 Å². The Balaban J connectivity index is 1.04. The van der Waals surface area contributed by atoms with Crippen LogP contribution in [0.3, 0.4) is 0 Å². The zero-order valence-corrected chi connectivity index (χ0v) is 22.4. The molecule has 2 heterocycles. The molecule has 0 amide bonds. The molecule has 0 aromatic heterocycles. The molecular weight excluding hydrogens is 512 g/mol. The lowest BCUT2D eigenvalue weighted by Gasteiger charge is -2.12. The standard InChI is InChI=1S/C32H34O8/c33-31(25-8-12-27(13-9-25)37-21-29-6-2-16-35-29)39-19-23-4-1-5-24(18-23)20-40-32(34)26-10-14-28(15-11-26)38-22-30-7-3-17-36-30/h1,4-5,8-15,18,29-30H,2-3,6-7,16-17,19-22H2/t29-,30-/m1/s1. The molecule has 2 fully saturated rings.